The predicted molar refractivity (Wildman–Crippen MR) is 115 cm³/mol. The highest BCUT2D eigenvalue weighted by Gasteiger charge is 2.18. The highest BCUT2D eigenvalue weighted by molar-refractivity contribution is 6.01. The van der Waals surface area contributed by atoms with Crippen LogP contribution >= 0.6 is 0 Å². The lowest BCUT2D eigenvalue weighted by Crippen LogP contribution is -2.36. The van der Waals surface area contributed by atoms with Crippen molar-refractivity contribution in [3.05, 3.63) is 43.0 Å². The van der Waals surface area contributed by atoms with Crippen LogP contribution in [0, 0.1) is 0 Å². The third-order valence-corrected chi connectivity index (χ3v) is 5.76. The van der Waals surface area contributed by atoms with Gasteiger partial charge < -0.3 is 19.9 Å². The molecule has 0 unspecified atom stereocenters. The summed E-state index contributed by atoms with van der Waals surface area (Å²) in [5.74, 6) is 1.71. The van der Waals surface area contributed by atoms with E-state index in [1.807, 2.05) is 18.3 Å². The molecule has 1 aliphatic rings. The number of hydrogen-bond donors (Lipinski definition) is 2. The second-order valence-corrected chi connectivity index (χ2v) is 7.62. The van der Waals surface area contributed by atoms with Gasteiger partial charge in [-0.2, -0.15) is 0 Å². The normalized spacial score (nSPS) is 15.8. The van der Waals surface area contributed by atoms with Crippen LogP contribution < -0.4 is 10.1 Å². The molecule has 2 N–H and O–H groups in total. The number of hydrogen-bond acceptors (Lipinski definition) is 6. The van der Waals surface area contributed by atoms with Crippen molar-refractivity contribution < 1.29 is 4.74 Å². The van der Waals surface area contributed by atoms with Crippen LogP contribution in [0.15, 0.2) is 43.0 Å². The minimum Gasteiger partial charge on any atom is -0.496 e. The van der Waals surface area contributed by atoms with E-state index in [9.17, 15) is 0 Å². The number of aromatic amines is 1. The maximum atomic E-state index is 5.57. The smallest absolute Gasteiger partial charge is 0.141 e. The van der Waals surface area contributed by atoms with Crippen LogP contribution in [0.3, 0.4) is 0 Å². The molecule has 0 radical (unpaired) electrons. The summed E-state index contributed by atoms with van der Waals surface area (Å²) in [6.07, 6.45) is 7.60. The minimum absolute atomic E-state index is 0.435. The molecule has 5 rings (SSSR count). The van der Waals surface area contributed by atoms with E-state index in [-0.39, 0.29) is 0 Å². The Hall–Kier alpha value is -3.19. The number of ether oxygens (including phenoxy) is 1. The first-order chi connectivity index (χ1) is 14.2. The van der Waals surface area contributed by atoms with Crippen LogP contribution in [-0.2, 0) is 0 Å². The molecular formula is C22H24N6O. The predicted octanol–water partition coefficient (Wildman–Crippen LogP) is 3.69. The van der Waals surface area contributed by atoms with Gasteiger partial charge in [0.15, 0.2) is 0 Å². The van der Waals surface area contributed by atoms with Gasteiger partial charge in [-0.1, -0.05) is 6.07 Å². The molecule has 0 spiro atoms. The summed E-state index contributed by atoms with van der Waals surface area (Å²) in [6, 6.07) is 8.61. The molecule has 4 heterocycles. The number of benzene rings is 1. The first-order valence-corrected chi connectivity index (χ1v) is 9.93. The summed E-state index contributed by atoms with van der Waals surface area (Å²) >= 11 is 0. The molecule has 0 amide bonds. The Balaban J connectivity index is 1.57. The van der Waals surface area contributed by atoms with Crippen LogP contribution in [0.25, 0.3) is 33.1 Å². The van der Waals surface area contributed by atoms with Crippen molar-refractivity contribution in [2.24, 2.45) is 0 Å². The Morgan fingerprint density at radius 3 is 2.83 bits per heavy atom. The number of nitrogens with one attached hydrogen (secondary N) is 2. The molecule has 1 saturated heterocycles. The summed E-state index contributed by atoms with van der Waals surface area (Å²) in [6.45, 7) is 2.21. The third kappa shape index (κ3) is 3.27. The maximum Gasteiger partial charge on any atom is 0.141 e. The van der Waals surface area contributed by atoms with Gasteiger partial charge in [-0.05, 0) is 56.7 Å². The summed E-state index contributed by atoms with van der Waals surface area (Å²) in [4.78, 5) is 19.1. The van der Waals surface area contributed by atoms with Gasteiger partial charge in [0.1, 0.15) is 23.5 Å². The average Bonchev–Trinajstić information content (AvgIpc) is 3.20. The van der Waals surface area contributed by atoms with Crippen molar-refractivity contribution in [2.75, 3.05) is 32.6 Å². The summed E-state index contributed by atoms with van der Waals surface area (Å²) in [5, 5.41) is 5.67. The maximum absolute atomic E-state index is 5.57. The van der Waals surface area contributed by atoms with E-state index in [0.29, 0.717) is 6.04 Å². The first-order valence-electron chi connectivity index (χ1n) is 9.93. The van der Waals surface area contributed by atoms with Crippen LogP contribution in [0.5, 0.6) is 5.75 Å². The number of pyridine rings is 1. The Labute approximate surface area is 169 Å². The zero-order valence-corrected chi connectivity index (χ0v) is 16.6. The minimum atomic E-state index is 0.435. The fraction of sp³-hybridized carbons (Fsp3) is 0.318. The second kappa shape index (κ2) is 7.33. The lowest BCUT2D eigenvalue weighted by molar-refractivity contribution is 0.264. The van der Waals surface area contributed by atoms with Crippen LogP contribution in [-0.4, -0.2) is 58.1 Å². The SMILES string of the molecule is COc1ccnc2[nH]cc(-c3ccc4ncnc(NC5CCN(C)CC5)c4c3)c12. The standard InChI is InChI=1S/C22H24N6O/c1-28-9-6-15(7-10-28)27-21-16-11-14(3-4-18(16)25-13-26-21)17-12-24-22-20(17)19(29-2)5-8-23-22/h3-5,8,11-13,15H,6-7,9-10H2,1-2H3,(H,23,24)(H,25,26,27). The zero-order chi connectivity index (χ0) is 19.8. The molecule has 0 aliphatic carbocycles. The first kappa shape index (κ1) is 17.9. The van der Waals surface area contributed by atoms with E-state index in [2.05, 4.69) is 49.3 Å². The molecule has 1 aliphatic heterocycles. The van der Waals surface area contributed by atoms with Crippen molar-refractivity contribution in [3.8, 4) is 16.9 Å². The number of likely N-dealkylation sites (tertiary alicyclic amines) is 1. The Morgan fingerprint density at radius 2 is 2.00 bits per heavy atom. The van der Waals surface area contributed by atoms with E-state index < -0.39 is 0 Å². The number of methoxy groups -OCH3 is 1. The monoisotopic (exact) mass is 388 g/mol. The number of nitrogens with zero attached hydrogens (tertiary/aromatic N) is 4. The number of fused-ring (bicyclic) bond motifs is 2. The Morgan fingerprint density at radius 1 is 1.14 bits per heavy atom. The quantitative estimate of drug-likeness (QED) is 0.555. The number of aromatic nitrogens is 4. The van der Waals surface area contributed by atoms with Gasteiger partial charge >= 0.3 is 0 Å². The molecule has 0 bridgehead atoms. The van der Waals surface area contributed by atoms with Crippen molar-refractivity contribution in [1.29, 1.82) is 0 Å². The number of anilines is 1. The largest absolute Gasteiger partial charge is 0.496 e. The number of piperidine rings is 1. The van der Waals surface area contributed by atoms with E-state index in [1.165, 1.54) is 0 Å². The van der Waals surface area contributed by atoms with Crippen molar-refractivity contribution >= 4 is 27.8 Å². The van der Waals surface area contributed by atoms with Crippen LogP contribution in [0.4, 0.5) is 5.82 Å². The molecule has 1 aromatic carbocycles. The van der Waals surface area contributed by atoms with Gasteiger partial charge in [0.2, 0.25) is 0 Å². The highest BCUT2D eigenvalue weighted by Crippen LogP contribution is 2.36. The Bertz CT molecular complexity index is 1160. The number of H-pyrrole nitrogens is 1. The molecular weight excluding hydrogens is 364 g/mol. The van der Waals surface area contributed by atoms with Gasteiger partial charge in [-0.3, -0.25) is 0 Å². The van der Waals surface area contributed by atoms with Gasteiger partial charge in [0, 0.05) is 29.4 Å². The van der Waals surface area contributed by atoms with Crippen LogP contribution in [0.2, 0.25) is 0 Å². The number of rotatable bonds is 4. The van der Waals surface area contributed by atoms with Gasteiger partial charge in [0.05, 0.1) is 18.0 Å². The lowest BCUT2D eigenvalue weighted by atomic mass is 10.0. The second-order valence-electron chi connectivity index (χ2n) is 7.62. The fourth-order valence-corrected chi connectivity index (χ4v) is 4.11. The van der Waals surface area contributed by atoms with E-state index >= 15 is 0 Å². The molecule has 148 valence electrons. The highest BCUT2D eigenvalue weighted by atomic mass is 16.5. The van der Waals surface area contributed by atoms with Crippen LogP contribution in [0.1, 0.15) is 12.8 Å². The molecule has 4 aromatic rings. The zero-order valence-electron chi connectivity index (χ0n) is 16.6. The molecule has 3 aromatic heterocycles. The fourth-order valence-electron chi connectivity index (χ4n) is 4.11. The van der Waals surface area contributed by atoms with Crippen molar-refractivity contribution in [3.63, 3.8) is 0 Å². The van der Waals surface area contributed by atoms with Gasteiger partial charge in [-0.15, -0.1) is 0 Å². The summed E-state index contributed by atoms with van der Waals surface area (Å²) in [7, 11) is 3.86. The molecule has 29 heavy (non-hydrogen) atoms. The topological polar surface area (TPSA) is 79.0 Å². The van der Waals surface area contributed by atoms with E-state index in [0.717, 1.165) is 70.6 Å². The molecule has 7 heteroatoms. The summed E-state index contributed by atoms with van der Waals surface area (Å²) < 4.78 is 5.57. The summed E-state index contributed by atoms with van der Waals surface area (Å²) in [5.41, 5.74) is 3.88. The lowest BCUT2D eigenvalue weighted by Gasteiger charge is -2.30. The van der Waals surface area contributed by atoms with Crippen molar-refractivity contribution in [1.82, 2.24) is 24.8 Å². The van der Waals surface area contributed by atoms with Crippen molar-refractivity contribution in [2.45, 2.75) is 18.9 Å². The molecule has 0 saturated carbocycles. The third-order valence-electron chi connectivity index (χ3n) is 5.76. The van der Waals surface area contributed by atoms with Gasteiger partial charge in [-0.25, -0.2) is 15.0 Å². The Kier molecular flexibility index (Phi) is 4.52. The molecule has 7 nitrogen and oxygen atoms in total. The van der Waals surface area contributed by atoms with Gasteiger partial charge in [0.25, 0.3) is 0 Å². The average molecular weight is 388 g/mol. The molecule has 1 fully saturated rings. The molecule has 0 atom stereocenters. The van der Waals surface area contributed by atoms with E-state index in [4.69, 9.17) is 4.74 Å². The van der Waals surface area contributed by atoms with E-state index in [1.54, 1.807) is 19.6 Å².